The summed E-state index contributed by atoms with van der Waals surface area (Å²) in [6.07, 6.45) is 0.850. The van der Waals surface area contributed by atoms with Gasteiger partial charge in [0.05, 0.1) is 60.7 Å². The third kappa shape index (κ3) is 10.1. The second kappa shape index (κ2) is 21.6. The highest BCUT2D eigenvalue weighted by Crippen LogP contribution is 2.60. The number of amides is 2. The lowest BCUT2D eigenvalue weighted by atomic mass is 9.77. The summed E-state index contributed by atoms with van der Waals surface area (Å²) in [6.45, 7) is 6.16. The lowest BCUT2D eigenvalue weighted by molar-refractivity contribution is -0.121. The minimum absolute atomic E-state index is 0.0972. The molecule has 0 saturated carbocycles. The number of rotatable bonds is 18. The molecule has 0 bridgehead atoms. The number of fused-ring (bicyclic) bond motifs is 8. The van der Waals surface area contributed by atoms with E-state index in [-0.39, 0.29) is 68.7 Å². The third-order valence-electron chi connectivity index (χ3n) is 13.7. The van der Waals surface area contributed by atoms with Crippen LogP contribution in [0.2, 0.25) is 0 Å². The third-order valence-corrected chi connectivity index (χ3v) is 15.3. The number of aromatic hydroxyl groups is 2. The van der Waals surface area contributed by atoms with Crippen LogP contribution in [0.25, 0.3) is 44.8 Å². The van der Waals surface area contributed by atoms with E-state index in [0.717, 1.165) is 71.0 Å². The van der Waals surface area contributed by atoms with Gasteiger partial charge in [0.25, 0.3) is 5.91 Å². The lowest BCUT2D eigenvalue weighted by Crippen LogP contribution is -2.44. The van der Waals surface area contributed by atoms with E-state index in [9.17, 15) is 24.6 Å². The number of likely N-dealkylation sites (N-methyl/N-ethyl adjacent to an activating group) is 1. The number of esters is 1. The van der Waals surface area contributed by atoms with Crippen molar-refractivity contribution < 1.29 is 48.3 Å². The van der Waals surface area contributed by atoms with Gasteiger partial charge >= 0.3 is 5.97 Å². The maximum absolute atomic E-state index is 13.4. The zero-order valence-electron chi connectivity index (χ0n) is 41.2. The maximum Gasteiger partial charge on any atom is 0.340 e. The molecule has 0 aliphatic carbocycles. The molecule has 20 heteroatoms. The number of phenolic OH excluding ortho intramolecular Hbond substituents is 2. The Bertz CT molecular complexity index is 3460. The van der Waals surface area contributed by atoms with Crippen molar-refractivity contribution in [3.05, 3.63) is 140 Å². The molecule has 390 valence electrons. The summed E-state index contributed by atoms with van der Waals surface area (Å²) in [7, 11) is 2.16. The number of carbonyl (C=O) groups is 3. The number of ether oxygens (including phenoxy) is 5. The fraction of sp³-hybridized carbons (Fsp3) is 0.268. The van der Waals surface area contributed by atoms with Crippen molar-refractivity contribution in [2.24, 2.45) is 0 Å². The highest BCUT2D eigenvalue weighted by molar-refractivity contribution is 9.11. The number of aromatic nitrogens is 4. The van der Waals surface area contributed by atoms with Gasteiger partial charge in [0.1, 0.15) is 37.8 Å². The van der Waals surface area contributed by atoms with Gasteiger partial charge in [-0.3, -0.25) is 9.59 Å². The number of hydrogen-bond donors (Lipinski definition) is 6. The number of nitrogens with zero attached hydrogens (tertiary/aromatic N) is 4. The molecular weight excluding hydrogens is 1100 g/mol. The van der Waals surface area contributed by atoms with Crippen LogP contribution in [0.3, 0.4) is 0 Å². The van der Waals surface area contributed by atoms with Gasteiger partial charge in [0.15, 0.2) is 17.1 Å². The number of benzene rings is 6. The summed E-state index contributed by atoms with van der Waals surface area (Å²) < 4.78 is 30.0. The molecule has 8 aromatic rings. The summed E-state index contributed by atoms with van der Waals surface area (Å²) in [5.74, 6) is 1.31. The van der Waals surface area contributed by atoms with Crippen molar-refractivity contribution in [1.29, 1.82) is 0 Å². The Morgan fingerprint density at radius 1 is 0.697 bits per heavy atom. The van der Waals surface area contributed by atoms with Crippen molar-refractivity contribution in [3.63, 3.8) is 0 Å². The predicted octanol–water partition coefficient (Wildman–Crippen LogP) is 8.77. The molecule has 0 radical (unpaired) electrons. The van der Waals surface area contributed by atoms with Gasteiger partial charge in [-0.1, -0.05) is 0 Å². The molecule has 0 atom stereocenters. The Balaban J connectivity index is 0.576. The largest absolute Gasteiger partial charge is 0.507 e. The summed E-state index contributed by atoms with van der Waals surface area (Å²) in [4.78, 5) is 60.7. The van der Waals surface area contributed by atoms with E-state index in [4.69, 9.17) is 33.7 Å². The average Bonchev–Trinajstić information content (AvgIpc) is 4.15. The van der Waals surface area contributed by atoms with Crippen LogP contribution in [0.1, 0.15) is 50.2 Å². The first-order valence-electron chi connectivity index (χ1n) is 24.9. The molecule has 0 unspecified atom stereocenters. The first kappa shape index (κ1) is 50.7. The average molecular weight is 1160 g/mol. The van der Waals surface area contributed by atoms with Gasteiger partial charge in [-0.05, 0) is 148 Å². The highest BCUT2D eigenvalue weighted by atomic mass is 79.9. The monoisotopic (exact) mass is 1150 g/mol. The van der Waals surface area contributed by atoms with Gasteiger partial charge in [-0.2, -0.15) is 0 Å². The van der Waals surface area contributed by atoms with Crippen molar-refractivity contribution in [1.82, 2.24) is 35.5 Å². The second-order valence-electron chi connectivity index (χ2n) is 18.7. The molecule has 76 heavy (non-hydrogen) atoms. The molecule has 2 aromatic heterocycles. The molecule has 3 aliphatic heterocycles. The molecule has 1 spiro atoms. The number of phenols is 2. The van der Waals surface area contributed by atoms with E-state index in [1.54, 1.807) is 30.3 Å². The van der Waals surface area contributed by atoms with Gasteiger partial charge in [0, 0.05) is 84.8 Å². The number of hydrogen-bond acceptors (Lipinski definition) is 14. The number of aromatic amines is 2. The smallest absolute Gasteiger partial charge is 0.340 e. The van der Waals surface area contributed by atoms with Crippen LogP contribution in [0.5, 0.6) is 28.7 Å². The molecule has 3 aliphatic rings. The van der Waals surface area contributed by atoms with Crippen LogP contribution in [0, 0.1) is 0 Å². The molecule has 1 fully saturated rings. The van der Waals surface area contributed by atoms with Crippen LogP contribution in [-0.2, 0) is 24.6 Å². The minimum atomic E-state index is -1.56. The Morgan fingerprint density at radius 2 is 1.32 bits per heavy atom. The standard InChI is InChI=1S/C56H52Br2N8O10/c1-65-20-22-66(23-21-65)35-8-15-42-44(31-35)64-53(62-42)33-7-14-41-43(30-33)63-52(61-41)32-4-9-36(10-5-32)74-24-2-3-47(69)59-18-25-72-27-28-73-26-19-60-54(70)34-6-11-37-40(29-34)56(76-55(37)71)38-12-16-45(67)48(57)50(38)75-51-39(56)13-17-46(68)49(51)58/h4-17,29-31,67-68H,2-3,18-28H2,1H3,(H,59,69)(H,60,70)(H,61,63)(H,62,64). The van der Waals surface area contributed by atoms with Gasteiger partial charge < -0.3 is 64.3 Å². The first-order valence-corrected chi connectivity index (χ1v) is 26.5. The fourth-order valence-electron chi connectivity index (χ4n) is 9.73. The van der Waals surface area contributed by atoms with E-state index in [0.29, 0.717) is 61.6 Å². The van der Waals surface area contributed by atoms with Crippen molar-refractivity contribution >= 4 is 77.4 Å². The summed E-state index contributed by atoms with van der Waals surface area (Å²) >= 11 is 6.77. The topological polar surface area (TPSA) is 226 Å². The number of H-pyrrole nitrogens is 2. The van der Waals surface area contributed by atoms with E-state index < -0.39 is 17.5 Å². The number of carbonyl (C=O) groups excluding carboxylic acids is 3. The quantitative estimate of drug-likeness (QED) is 0.0349. The second-order valence-corrected chi connectivity index (χ2v) is 20.3. The number of nitrogens with one attached hydrogen (secondary N) is 4. The zero-order valence-corrected chi connectivity index (χ0v) is 44.4. The van der Waals surface area contributed by atoms with Crippen LogP contribution in [-0.4, -0.2) is 132 Å². The number of piperazine rings is 1. The van der Waals surface area contributed by atoms with Gasteiger partial charge in [-0.15, -0.1) is 0 Å². The molecular formula is C56H52Br2N8O10. The number of halogens is 2. The van der Waals surface area contributed by atoms with Crippen LogP contribution in [0.4, 0.5) is 5.69 Å². The summed E-state index contributed by atoms with van der Waals surface area (Å²) in [6, 6.07) is 31.1. The Hall–Kier alpha value is -7.49. The molecule has 6 aromatic carbocycles. The SMILES string of the molecule is CN1CCN(c2ccc3nc(-c4ccc5nc(-c6ccc(OCCCC(=O)NCCOCCOCCNC(=O)c7ccc8c(c7)C7(OC8=O)c8ccc(O)c(Br)c8Oc8c7ccc(O)c8Br)cc6)[nH]c5c4)[nH]c3c2)CC1. The fourth-order valence-corrected chi connectivity index (χ4v) is 10.6. The molecule has 2 amide bonds. The van der Waals surface area contributed by atoms with E-state index in [1.807, 2.05) is 36.4 Å². The maximum atomic E-state index is 13.4. The molecule has 6 N–H and O–H groups in total. The van der Waals surface area contributed by atoms with Crippen LogP contribution < -0.4 is 25.0 Å². The van der Waals surface area contributed by atoms with E-state index in [1.165, 1.54) is 17.8 Å². The lowest BCUT2D eigenvalue weighted by Gasteiger charge is -2.37. The van der Waals surface area contributed by atoms with E-state index in [2.05, 4.69) is 93.6 Å². The summed E-state index contributed by atoms with van der Waals surface area (Å²) in [5.41, 5.74) is 7.02. The molecule has 1 saturated heterocycles. The first-order chi connectivity index (χ1) is 36.9. The van der Waals surface area contributed by atoms with Gasteiger partial charge in [0.2, 0.25) is 5.91 Å². The Labute approximate surface area is 452 Å². The molecule has 5 heterocycles. The van der Waals surface area contributed by atoms with Crippen molar-refractivity contribution in [2.75, 3.05) is 84.3 Å². The molecule has 11 rings (SSSR count). The normalized spacial score (nSPS) is 14.6. The Kier molecular flexibility index (Phi) is 14.4. The van der Waals surface area contributed by atoms with Crippen molar-refractivity contribution in [2.45, 2.75) is 18.4 Å². The zero-order chi connectivity index (χ0) is 52.5. The Morgan fingerprint density at radius 3 is 2.00 bits per heavy atom. The van der Waals surface area contributed by atoms with Gasteiger partial charge in [-0.25, -0.2) is 14.8 Å². The summed E-state index contributed by atoms with van der Waals surface area (Å²) in [5, 5.41) is 26.7. The van der Waals surface area contributed by atoms with Crippen molar-refractivity contribution in [3.8, 4) is 51.5 Å². The van der Waals surface area contributed by atoms with Crippen LogP contribution in [0.15, 0.2) is 112 Å². The molecule has 18 nitrogen and oxygen atoms in total. The predicted molar refractivity (Wildman–Crippen MR) is 291 cm³/mol. The number of anilines is 1. The minimum Gasteiger partial charge on any atom is -0.507 e. The number of imidazole rings is 2. The van der Waals surface area contributed by atoms with Crippen LogP contribution >= 0.6 is 31.9 Å². The van der Waals surface area contributed by atoms with E-state index >= 15 is 0 Å². The highest BCUT2D eigenvalue weighted by Gasteiger charge is 2.55.